The molecular formula is C11H11Cl2NO. The van der Waals surface area contributed by atoms with E-state index in [9.17, 15) is 4.79 Å². The first-order valence-corrected chi connectivity index (χ1v) is 5.16. The quantitative estimate of drug-likeness (QED) is 0.592. The average molecular weight is 244 g/mol. The van der Waals surface area contributed by atoms with E-state index in [-0.39, 0.29) is 5.78 Å². The minimum absolute atomic E-state index is 0.197. The van der Waals surface area contributed by atoms with E-state index >= 15 is 0 Å². The second-order valence-corrected chi connectivity index (χ2v) is 3.99. The molecule has 0 fully saturated rings. The van der Waals surface area contributed by atoms with E-state index < -0.39 is 4.87 Å². The third-order valence-corrected chi connectivity index (χ3v) is 3.29. The molecule has 0 unspecified atom stereocenters. The summed E-state index contributed by atoms with van der Waals surface area (Å²) in [6.45, 7) is 3.06. The molecule has 0 aromatic heterocycles. The van der Waals surface area contributed by atoms with Gasteiger partial charge in [-0.25, -0.2) is 0 Å². The Labute approximate surface area is 99.0 Å². The van der Waals surface area contributed by atoms with Gasteiger partial charge in [-0.2, -0.15) is 4.51 Å². The molecule has 0 N–H and O–H groups in total. The Hall–Kier alpha value is -0.860. The van der Waals surface area contributed by atoms with Crippen LogP contribution in [-0.2, 0) is 9.67 Å². The van der Waals surface area contributed by atoms with Crippen LogP contribution < -0.4 is 0 Å². The molecular weight excluding hydrogens is 233 g/mol. The Kier molecular flexibility index (Phi) is 3.89. The summed E-state index contributed by atoms with van der Waals surface area (Å²) < 4.78 is 3.49. The Morgan fingerprint density at radius 2 is 1.80 bits per heavy atom. The van der Waals surface area contributed by atoms with Gasteiger partial charge in [-0.05, 0) is 19.4 Å². The van der Waals surface area contributed by atoms with E-state index in [1.54, 1.807) is 19.1 Å². The molecule has 1 atom stereocenters. The number of hydrogen-bond donors (Lipinski definition) is 0. The van der Waals surface area contributed by atoms with Gasteiger partial charge < -0.3 is 0 Å². The standard InChI is InChI=1S/C11H11Cl2NO/c1-8(14-13)11(12,9(2)15)10-6-4-3-5-7-10/h3-7H,1-2H3/t11-/m0/s1. The third-order valence-electron chi connectivity index (χ3n) is 2.28. The van der Waals surface area contributed by atoms with E-state index in [4.69, 9.17) is 23.4 Å². The van der Waals surface area contributed by atoms with E-state index in [0.29, 0.717) is 11.3 Å². The van der Waals surface area contributed by atoms with Crippen LogP contribution in [0.15, 0.2) is 34.8 Å². The number of carbonyl (C=O) groups excluding carboxylic acids is 1. The Bertz CT molecular complexity index is 389. The molecule has 2 nitrogen and oxygen atoms in total. The minimum Gasteiger partial charge on any atom is -0.297 e. The van der Waals surface area contributed by atoms with Crippen molar-refractivity contribution in [2.24, 2.45) is 4.51 Å². The molecule has 0 saturated heterocycles. The zero-order chi connectivity index (χ0) is 11.5. The van der Waals surface area contributed by atoms with Crippen LogP contribution in [0.3, 0.4) is 0 Å². The fourth-order valence-electron chi connectivity index (χ4n) is 1.39. The summed E-state index contributed by atoms with van der Waals surface area (Å²) in [5, 5.41) is 0. The highest BCUT2D eigenvalue weighted by molar-refractivity contribution is 6.48. The van der Waals surface area contributed by atoms with Gasteiger partial charge in [0.2, 0.25) is 0 Å². The van der Waals surface area contributed by atoms with Gasteiger partial charge in [-0.1, -0.05) is 41.9 Å². The van der Waals surface area contributed by atoms with Crippen molar-refractivity contribution in [1.82, 2.24) is 0 Å². The van der Waals surface area contributed by atoms with Crippen LogP contribution in [0.4, 0.5) is 0 Å². The van der Waals surface area contributed by atoms with Gasteiger partial charge in [0.15, 0.2) is 10.7 Å². The number of hydrogen-bond acceptors (Lipinski definition) is 2. The van der Waals surface area contributed by atoms with Crippen LogP contribution in [-0.4, -0.2) is 11.5 Å². The van der Waals surface area contributed by atoms with Crippen molar-refractivity contribution in [3.63, 3.8) is 0 Å². The van der Waals surface area contributed by atoms with Gasteiger partial charge in [-0.3, -0.25) is 4.79 Å². The second kappa shape index (κ2) is 4.77. The molecule has 0 aliphatic rings. The summed E-state index contributed by atoms with van der Waals surface area (Å²) in [7, 11) is 0. The molecule has 0 aliphatic carbocycles. The predicted molar refractivity (Wildman–Crippen MR) is 63.6 cm³/mol. The van der Waals surface area contributed by atoms with Crippen molar-refractivity contribution in [1.29, 1.82) is 0 Å². The summed E-state index contributed by atoms with van der Waals surface area (Å²) in [5.41, 5.74) is 1.06. The van der Waals surface area contributed by atoms with Gasteiger partial charge in [0.05, 0.1) is 5.71 Å². The highest BCUT2D eigenvalue weighted by atomic mass is 35.5. The Morgan fingerprint density at radius 3 is 2.20 bits per heavy atom. The monoisotopic (exact) mass is 243 g/mol. The van der Waals surface area contributed by atoms with Gasteiger partial charge in [-0.15, -0.1) is 0 Å². The van der Waals surface area contributed by atoms with Crippen molar-refractivity contribution >= 4 is 34.9 Å². The predicted octanol–water partition coefficient (Wildman–Crippen LogP) is 3.32. The van der Waals surface area contributed by atoms with Gasteiger partial charge in [0.25, 0.3) is 0 Å². The second-order valence-electron chi connectivity index (χ2n) is 3.25. The first-order valence-electron chi connectivity index (χ1n) is 4.45. The van der Waals surface area contributed by atoms with Crippen LogP contribution in [0.25, 0.3) is 0 Å². The molecule has 0 spiro atoms. The third kappa shape index (κ3) is 2.21. The van der Waals surface area contributed by atoms with E-state index in [0.717, 1.165) is 0 Å². The SMILES string of the molecule is CC(=O)[C@@](Cl)(C(C)=NCl)c1ccccc1. The van der Waals surface area contributed by atoms with Gasteiger partial charge >= 0.3 is 0 Å². The first kappa shape index (κ1) is 12.2. The van der Waals surface area contributed by atoms with Crippen LogP contribution in [0.2, 0.25) is 0 Å². The van der Waals surface area contributed by atoms with E-state index in [1.807, 2.05) is 18.2 Å². The van der Waals surface area contributed by atoms with Gasteiger partial charge in [0, 0.05) is 11.8 Å². The normalized spacial score (nSPS) is 15.9. The number of carbonyl (C=O) groups is 1. The molecule has 0 saturated carbocycles. The first-order chi connectivity index (χ1) is 7.03. The fraction of sp³-hybridized carbons (Fsp3) is 0.273. The lowest BCUT2D eigenvalue weighted by molar-refractivity contribution is -0.118. The van der Waals surface area contributed by atoms with Crippen LogP contribution >= 0.6 is 23.4 Å². The zero-order valence-electron chi connectivity index (χ0n) is 8.50. The van der Waals surface area contributed by atoms with Crippen molar-refractivity contribution < 1.29 is 4.79 Å². The molecule has 0 amide bonds. The number of ketones is 1. The molecule has 0 aliphatic heterocycles. The number of benzene rings is 1. The lowest BCUT2D eigenvalue weighted by Crippen LogP contribution is -2.35. The number of rotatable bonds is 3. The lowest BCUT2D eigenvalue weighted by Gasteiger charge is -2.23. The largest absolute Gasteiger partial charge is 0.297 e. The van der Waals surface area contributed by atoms with Crippen LogP contribution in [0.5, 0.6) is 0 Å². The summed E-state index contributed by atoms with van der Waals surface area (Å²) >= 11 is 11.7. The summed E-state index contributed by atoms with van der Waals surface area (Å²) in [5.74, 6) is -0.197. The maximum absolute atomic E-state index is 11.6. The van der Waals surface area contributed by atoms with Gasteiger partial charge in [0.1, 0.15) is 0 Å². The number of halogens is 2. The number of nitrogens with zero attached hydrogens (tertiary/aromatic N) is 1. The molecule has 1 rings (SSSR count). The summed E-state index contributed by atoms with van der Waals surface area (Å²) in [6, 6.07) is 9.04. The van der Waals surface area contributed by atoms with Crippen molar-refractivity contribution in [3.05, 3.63) is 35.9 Å². The van der Waals surface area contributed by atoms with Crippen LogP contribution in [0, 0.1) is 0 Å². The number of Topliss-reactive ketones (excluding diaryl/α,β-unsaturated/α-hetero) is 1. The topological polar surface area (TPSA) is 29.4 Å². The fourth-order valence-corrected chi connectivity index (χ4v) is 1.73. The maximum Gasteiger partial charge on any atom is 0.166 e. The molecule has 15 heavy (non-hydrogen) atoms. The smallest absolute Gasteiger partial charge is 0.166 e. The molecule has 0 heterocycles. The summed E-state index contributed by atoms with van der Waals surface area (Å²) in [6.07, 6.45) is 0. The maximum atomic E-state index is 11.6. The molecule has 4 heteroatoms. The molecule has 1 aromatic rings. The average Bonchev–Trinajstić information content (AvgIpc) is 2.27. The highest BCUT2D eigenvalue weighted by Gasteiger charge is 2.38. The molecule has 0 bridgehead atoms. The van der Waals surface area contributed by atoms with Crippen molar-refractivity contribution in [2.45, 2.75) is 18.7 Å². The van der Waals surface area contributed by atoms with E-state index in [1.165, 1.54) is 6.92 Å². The van der Waals surface area contributed by atoms with Crippen molar-refractivity contribution in [2.75, 3.05) is 0 Å². The Morgan fingerprint density at radius 1 is 1.27 bits per heavy atom. The molecule has 1 aromatic carbocycles. The van der Waals surface area contributed by atoms with E-state index in [2.05, 4.69) is 4.51 Å². The summed E-state index contributed by atoms with van der Waals surface area (Å²) in [4.78, 5) is 10.3. The van der Waals surface area contributed by atoms with Crippen molar-refractivity contribution in [3.8, 4) is 0 Å². The Balaban J connectivity index is 3.32. The minimum atomic E-state index is -1.25. The molecule has 0 radical (unpaired) electrons. The zero-order valence-corrected chi connectivity index (χ0v) is 10.0. The number of alkyl halides is 1. The lowest BCUT2D eigenvalue weighted by atomic mass is 9.90. The van der Waals surface area contributed by atoms with Crippen LogP contribution in [0.1, 0.15) is 19.4 Å². The molecule has 80 valence electrons. The highest BCUT2D eigenvalue weighted by Crippen LogP contribution is 2.32.